The summed E-state index contributed by atoms with van der Waals surface area (Å²) in [6, 6.07) is 12.6. The maximum absolute atomic E-state index is 12.5. The highest BCUT2D eigenvalue weighted by molar-refractivity contribution is 6.31. The molecule has 0 unspecified atom stereocenters. The summed E-state index contributed by atoms with van der Waals surface area (Å²) >= 11 is 6.19. The van der Waals surface area contributed by atoms with E-state index in [1.807, 2.05) is 24.3 Å². The van der Waals surface area contributed by atoms with Crippen molar-refractivity contribution in [1.82, 2.24) is 9.80 Å². The van der Waals surface area contributed by atoms with Gasteiger partial charge in [0.25, 0.3) is 11.8 Å². The predicted molar refractivity (Wildman–Crippen MR) is 121 cm³/mol. The lowest BCUT2D eigenvalue weighted by Crippen LogP contribution is -2.24. The lowest BCUT2D eigenvalue weighted by molar-refractivity contribution is 0.0693. The molecule has 0 aromatic heterocycles. The number of rotatable bonds is 9. The van der Waals surface area contributed by atoms with Crippen LogP contribution in [0.4, 0.5) is 0 Å². The molecule has 2 aromatic rings. The van der Waals surface area contributed by atoms with E-state index >= 15 is 0 Å². The first-order chi connectivity index (χ1) is 13.9. The minimum absolute atomic E-state index is 0. The molecule has 1 heterocycles. The van der Waals surface area contributed by atoms with Crippen molar-refractivity contribution < 1.29 is 14.4 Å². The van der Waals surface area contributed by atoms with Crippen molar-refractivity contribution >= 4 is 41.6 Å². The van der Waals surface area contributed by atoms with Crippen LogP contribution in [0.2, 0.25) is 5.02 Å². The van der Waals surface area contributed by atoms with E-state index < -0.39 is 0 Å². The highest BCUT2D eigenvalue weighted by atomic mass is 35.5. The highest BCUT2D eigenvalue weighted by Crippen LogP contribution is 2.23. The van der Waals surface area contributed by atoms with Gasteiger partial charge in [0.2, 0.25) is 0 Å². The Labute approximate surface area is 188 Å². The van der Waals surface area contributed by atoms with Crippen molar-refractivity contribution in [3.63, 3.8) is 0 Å². The molecule has 1 aliphatic heterocycles. The number of fused-ring (bicyclic) bond motifs is 1. The number of carbonyl (C=O) groups excluding carboxylic acids is 3. The third-order valence-electron chi connectivity index (χ3n) is 5.33. The van der Waals surface area contributed by atoms with Gasteiger partial charge in [-0.2, -0.15) is 0 Å². The van der Waals surface area contributed by atoms with E-state index in [0.717, 1.165) is 47.8 Å². The van der Waals surface area contributed by atoms with Crippen LogP contribution in [-0.2, 0) is 6.42 Å². The number of hydrogen-bond donors (Lipinski definition) is 0. The van der Waals surface area contributed by atoms with E-state index in [-0.39, 0.29) is 30.0 Å². The molecule has 0 spiro atoms. The van der Waals surface area contributed by atoms with Gasteiger partial charge >= 0.3 is 0 Å². The van der Waals surface area contributed by atoms with Gasteiger partial charge in [-0.15, -0.1) is 12.4 Å². The predicted octanol–water partition coefficient (Wildman–Crippen LogP) is 4.52. The average Bonchev–Trinajstić information content (AvgIpc) is 2.94. The summed E-state index contributed by atoms with van der Waals surface area (Å²) in [5.74, 6) is -0.662. The number of amides is 2. The molecule has 0 bridgehead atoms. The monoisotopic (exact) mass is 448 g/mol. The number of hydrogen-bond acceptors (Lipinski definition) is 4. The Balaban J connectivity index is 0.00000320. The van der Waals surface area contributed by atoms with Gasteiger partial charge < -0.3 is 4.90 Å². The Morgan fingerprint density at radius 2 is 1.70 bits per heavy atom. The first-order valence-electron chi connectivity index (χ1n) is 9.80. The van der Waals surface area contributed by atoms with Crippen molar-refractivity contribution in [2.45, 2.75) is 25.7 Å². The Hall–Kier alpha value is -2.21. The number of likely N-dealkylation sites (N-methyl/N-ethyl adjacent to an activating group) is 1. The molecule has 0 atom stereocenters. The Kier molecular flexibility index (Phi) is 8.59. The molecule has 160 valence electrons. The molecule has 2 amide bonds. The largest absolute Gasteiger partial charge is 0.306 e. The van der Waals surface area contributed by atoms with Gasteiger partial charge in [-0.05, 0) is 56.6 Å². The van der Waals surface area contributed by atoms with E-state index in [9.17, 15) is 14.4 Å². The van der Waals surface area contributed by atoms with Crippen molar-refractivity contribution in [3.05, 3.63) is 69.7 Å². The molecule has 0 N–H and O–H groups in total. The molecule has 1 aliphatic rings. The molecule has 0 aliphatic carbocycles. The zero-order valence-corrected chi connectivity index (χ0v) is 18.8. The second-order valence-corrected chi connectivity index (χ2v) is 7.86. The average molecular weight is 449 g/mol. The molecule has 3 rings (SSSR count). The summed E-state index contributed by atoms with van der Waals surface area (Å²) in [4.78, 5) is 39.8. The second-order valence-electron chi connectivity index (χ2n) is 7.45. The van der Waals surface area contributed by atoms with Crippen LogP contribution in [0.1, 0.15) is 55.9 Å². The number of imide groups is 1. The van der Waals surface area contributed by atoms with Crippen LogP contribution in [0.15, 0.2) is 42.5 Å². The fraction of sp³-hybridized carbons (Fsp3) is 0.348. The van der Waals surface area contributed by atoms with Crippen molar-refractivity contribution in [1.29, 1.82) is 0 Å². The van der Waals surface area contributed by atoms with E-state index in [4.69, 9.17) is 11.6 Å². The van der Waals surface area contributed by atoms with Crippen LogP contribution in [0, 0.1) is 0 Å². The van der Waals surface area contributed by atoms with Gasteiger partial charge in [0.15, 0.2) is 5.78 Å². The van der Waals surface area contributed by atoms with Crippen LogP contribution in [0.25, 0.3) is 0 Å². The van der Waals surface area contributed by atoms with Crippen LogP contribution >= 0.6 is 24.0 Å². The number of benzene rings is 2. The van der Waals surface area contributed by atoms with Crippen molar-refractivity contribution in [2.75, 3.05) is 27.2 Å². The number of nitrogens with zero attached hydrogens (tertiary/aromatic N) is 2. The molecule has 0 fully saturated rings. The molecule has 0 saturated carbocycles. The van der Waals surface area contributed by atoms with Crippen molar-refractivity contribution in [3.8, 4) is 0 Å². The van der Waals surface area contributed by atoms with Crippen LogP contribution < -0.4 is 0 Å². The summed E-state index contributed by atoms with van der Waals surface area (Å²) in [6.45, 7) is 1.81. The lowest BCUT2D eigenvalue weighted by atomic mass is 10.0. The molecular weight excluding hydrogens is 423 g/mol. The summed E-state index contributed by atoms with van der Waals surface area (Å²) in [6.07, 6.45) is 3.01. The Bertz CT molecular complexity index is 946. The number of halogens is 2. The van der Waals surface area contributed by atoms with Gasteiger partial charge in [-0.25, -0.2) is 0 Å². The quantitative estimate of drug-likeness (QED) is 0.321. The number of ketones is 1. The van der Waals surface area contributed by atoms with Gasteiger partial charge in [0, 0.05) is 30.6 Å². The summed E-state index contributed by atoms with van der Waals surface area (Å²) in [5, 5.41) is 0.798. The second kappa shape index (κ2) is 10.7. The third kappa shape index (κ3) is 5.48. The normalized spacial score (nSPS) is 12.9. The summed E-state index contributed by atoms with van der Waals surface area (Å²) in [7, 11) is 3.52. The Morgan fingerprint density at radius 1 is 1.00 bits per heavy atom. The van der Waals surface area contributed by atoms with Crippen LogP contribution in [-0.4, -0.2) is 54.6 Å². The number of carbonyl (C=O) groups is 3. The summed E-state index contributed by atoms with van der Waals surface area (Å²) in [5.41, 5.74) is 2.33. The third-order valence-corrected chi connectivity index (χ3v) is 5.69. The SMILES string of the molecule is CN(CCCCC(=O)c1ccc2c(c1)C(=O)N(C)C2=O)CCc1ccccc1Cl.Cl. The number of unbranched alkanes of at least 4 members (excludes halogenated alkanes) is 1. The van der Waals surface area contributed by atoms with E-state index in [2.05, 4.69) is 11.9 Å². The maximum atomic E-state index is 12.5. The van der Waals surface area contributed by atoms with E-state index in [0.29, 0.717) is 23.1 Å². The zero-order chi connectivity index (χ0) is 21.0. The highest BCUT2D eigenvalue weighted by Gasteiger charge is 2.33. The molecule has 5 nitrogen and oxygen atoms in total. The summed E-state index contributed by atoms with van der Waals surface area (Å²) < 4.78 is 0. The van der Waals surface area contributed by atoms with Crippen LogP contribution in [0.3, 0.4) is 0 Å². The van der Waals surface area contributed by atoms with Gasteiger partial charge in [0.1, 0.15) is 0 Å². The molecule has 0 saturated heterocycles. The molecular formula is C23H26Cl2N2O3. The minimum atomic E-state index is -0.347. The molecule has 2 aromatic carbocycles. The van der Waals surface area contributed by atoms with Crippen molar-refractivity contribution in [2.24, 2.45) is 0 Å². The lowest BCUT2D eigenvalue weighted by Gasteiger charge is -2.16. The zero-order valence-electron chi connectivity index (χ0n) is 17.2. The van der Waals surface area contributed by atoms with Gasteiger partial charge in [-0.1, -0.05) is 35.9 Å². The number of Topliss-reactive ketones (excluding diaryl/α,β-unsaturated/α-hetero) is 1. The Morgan fingerprint density at radius 3 is 2.43 bits per heavy atom. The van der Waals surface area contributed by atoms with E-state index in [1.54, 1.807) is 18.2 Å². The van der Waals surface area contributed by atoms with Gasteiger partial charge in [0.05, 0.1) is 11.1 Å². The fourth-order valence-electron chi connectivity index (χ4n) is 3.47. The first kappa shape index (κ1) is 24.1. The van der Waals surface area contributed by atoms with E-state index in [1.165, 1.54) is 7.05 Å². The smallest absolute Gasteiger partial charge is 0.261 e. The topological polar surface area (TPSA) is 57.7 Å². The molecule has 7 heteroatoms. The maximum Gasteiger partial charge on any atom is 0.261 e. The minimum Gasteiger partial charge on any atom is -0.306 e. The fourth-order valence-corrected chi connectivity index (χ4v) is 3.70. The van der Waals surface area contributed by atoms with Gasteiger partial charge in [-0.3, -0.25) is 19.3 Å². The first-order valence-corrected chi connectivity index (χ1v) is 10.2. The molecule has 30 heavy (non-hydrogen) atoms. The molecule has 0 radical (unpaired) electrons. The standard InChI is InChI=1S/C23H25ClN2O3.ClH/c1-25(14-12-16-7-3-4-8-20(16)24)13-6-5-9-21(27)17-10-11-18-19(15-17)23(29)26(2)22(18)28;/h3-4,7-8,10-11,15H,5-6,9,12-14H2,1-2H3;1H. The van der Waals surface area contributed by atoms with Crippen LogP contribution in [0.5, 0.6) is 0 Å².